The molecule has 246 valence electrons. The number of methoxy groups -OCH3 is 2. The van der Waals surface area contributed by atoms with E-state index in [1.54, 1.807) is 0 Å². The molecule has 0 fully saturated rings. The molecule has 0 bridgehead atoms. The van der Waals surface area contributed by atoms with Crippen LogP contribution < -0.4 is 24.3 Å². The van der Waals surface area contributed by atoms with E-state index in [1.807, 2.05) is 0 Å². The Morgan fingerprint density at radius 3 is 1.64 bits per heavy atom. The van der Waals surface area contributed by atoms with E-state index < -0.39 is 58.6 Å². The van der Waals surface area contributed by atoms with Crippen molar-refractivity contribution in [3.05, 3.63) is 81.9 Å². The molecule has 0 aromatic heterocycles. The van der Waals surface area contributed by atoms with Gasteiger partial charge in [0.1, 0.15) is 0 Å². The summed E-state index contributed by atoms with van der Waals surface area (Å²) in [6.45, 7) is 2.26. The van der Waals surface area contributed by atoms with Crippen molar-refractivity contribution in [3.63, 3.8) is 0 Å². The zero-order chi connectivity index (χ0) is 34.8. The molecular formula is C30H26N2O15. The molecule has 0 aliphatic heterocycles. The van der Waals surface area contributed by atoms with E-state index in [-0.39, 0.29) is 39.8 Å². The lowest BCUT2D eigenvalue weighted by atomic mass is 10.1. The summed E-state index contributed by atoms with van der Waals surface area (Å²) in [6.07, 6.45) is -4.86. The predicted octanol–water partition coefficient (Wildman–Crippen LogP) is 2.94. The molecule has 17 nitrogen and oxygen atoms in total. The van der Waals surface area contributed by atoms with Crippen LogP contribution in [0.4, 0.5) is 11.4 Å². The standard InChI is InChI=1S/C30H26N2O15/c1-15(33)44-21-10-8-17(12-23(21)42-3)29(38)46-25(27(35)31-19-6-5-7-20(14-19)32(40)41)26(28(36)37)47-30(39)18-9-11-22(45-16(2)34)24(13-18)43-4/h5-14,25-26H,1-4H3,(H,31,35)(H,36,37)/t25-,26+/m0/s1. The molecule has 0 unspecified atom stereocenters. The van der Waals surface area contributed by atoms with Gasteiger partial charge in [0.25, 0.3) is 11.6 Å². The summed E-state index contributed by atoms with van der Waals surface area (Å²) in [7, 11) is 2.42. The van der Waals surface area contributed by atoms with Crippen molar-refractivity contribution in [2.45, 2.75) is 26.1 Å². The van der Waals surface area contributed by atoms with Crippen molar-refractivity contribution in [3.8, 4) is 23.0 Å². The number of nitro benzene ring substituents is 1. The van der Waals surface area contributed by atoms with Crippen LogP contribution in [0.5, 0.6) is 23.0 Å². The number of nitrogens with zero attached hydrogens (tertiary/aromatic N) is 1. The maximum absolute atomic E-state index is 13.4. The smallest absolute Gasteiger partial charge is 0.349 e. The van der Waals surface area contributed by atoms with Crippen molar-refractivity contribution < 1.29 is 67.2 Å². The molecule has 0 heterocycles. The van der Waals surface area contributed by atoms with E-state index in [0.29, 0.717) is 0 Å². The van der Waals surface area contributed by atoms with Crippen molar-refractivity contribution in [2.24, 2.45) is 0 Å². The number of carbonyl (C=O) groups is 6. The van der Waals surface area contributed by atoms with Gasteiger partial charge >= 0.3 is 29.8 Å². The highest BCUT2D eigenvalue weighted by Crippen LogP contribution is 2.30. The number of carbonyl (C=O) groups excluding carboxylic acids is 5. The Labute approximate surface area is 265 Å². The van der Waals surface area contributed by atoms with Gasteiger partial charge in [0, 0.05) is 31.7 Å². The van der Waals surface area contributed by atoms with Crippen molar-refractivity contribution in [2.75, 3.05) is 19.5 Å². The van der Waals surface area contributed by atoms with Crippen LogP contribution in [0.25, 0.3) is 0 Å². The quantitative estimate of drug-likeness (QED) is 0.117. The normalized spacial score (nSPS) is 11.6. The van der Waals surface area contributed by atoms with E-state index in [4.69, 9.17) is 28.4 Å². The van der Waals surface area contributed by atoms with Crippen LogP contribution in [-0.2, 0) is 28.7 Å². The Bertz CT molecular complexity index is 1740. The summed E-state index contributed by atoms with van der Waals surface area (Å²) in [6, 6.07) is 11.3. The fourth-order valence-corrected chi connectivity index (χ4v) is 3.84. The third-order valence-electron chi connectivity index (χ3n) is 5.88. The number of hydrogen-bond acceptors (Lipinski definition) is 14. The molecule has 17 heteroatoms. The zero-order valence-electron chi connectivity index (χ0n) is 25.0. The fraction of sp³-hybridized carbons (Fsp3) is 0.200. The number of hydrogen-bond donors (Lipinski definition) is 2. The maximum atomic E-state index is 13.4. The van der Waals surface area contributed by atoms with Crippen molar-refractivity contribution in [1.29, 1.82) is 0 Å². The number of ether oxygens (including phenoxy) is 6. The van der Waals surface area contributed by atoms with E-state index in [2.05, 4.69) is 5.32 Å². The predicted molar refractivity (Wildman–Crippen MR) is 156 cm³/mol. The van der Waals surface area contributed by atoms with Crippen LogP contribution in [0.15, 0.2) is 60.7 Å². The van der Waals surface area contributed by atoms with Gasteiger partial charge < -0.3 is 38.8 Å². The van der Waals surface area contributed by atoms with Gasteiger partial charge in [-0.2, -0.15) is 0 Å². The van der Waals surface area contributed by atoms with Crippen LogP contribution in [-0.4, -0.2) is 72.2 Å². The number of nitro groups is 1. The highest BCUT2D eigenvalue weighted by atomic mass is 16.6. The van der Waals surface area contributed by atoms with Crippen LogP contribution in [0.2, 0.25) is 0 Å². The highest BCUT2D eigenvalue weighted by molar-refractivity contribution is 6.02. The fourth-order valence-electron chi connectivity index (χ4n) is 3.84. The van der Waals surface area contributed by atoms with Gasteiger partial charge in [-0.1, -0.05) is 6.07 Å². The molecule has 47 heavy (non-hydrogen) atoms. The molecular weight excluding hydrogens is 628 g/mol. The van der Waals surface area contributed by atoms with Gasteiger partial charge in [-0.15, -0.1) is 0 Å². The first kappa shape index (κ1) is 35.0. The minimum Gasteiger partial charge on any atom is -0.493 e. The summed E-state index contributed by atoms with van der Waals surface area (Å²) in [4.78, 5) is 85.3. The first-order valence-corrected chi connectivity index (χ1v) is 13.2. The number of aliphatic carboxylic acids is 1. The van der Waals surface area contributed by atoms with E-state index in [1.165, 1.54) is 38.5 Å². The molecule has 0 saturated heterocycles. The molecule has 0 saturated carbocycles. The molecule has 0 radical (unpaired) electrons. The highest BCUT2D eigenvalue weighted by Gasteiger charge is 2.41. The summed E-state index contributed by atoms with van der Waals surface area (Å²) < 4.78 is 30.5. The molecule has 2 atom stereocenters. The summed E-state index contributed by atoms with van der Waals surface area (Å²) in [5.74, 6) is -7.59. The Morgan fingerprint density at radius 2 is 1.21 bits per heavy atom. The lowest BCUT2D eigenvalue weighted by molar-refractivity contribution is -0.384. The second-order valence-electron chi connectivity index (χ2n) is 9.21. The lowest BCUT2D eigenvalue weighted by Crippen LogP contribution is -2.48. The molecule has 3 aromatic carbocycles. The monoisotopic (exact) mass is 654 g/mol. The Balaban J connectivity index is 2.00. The number of amides is 1. The minimum absolute atomic E-state index is 0.0652. The molecule has 0 aliphatic rings. The first-order valence-electron chi connectivity index (χ1n) is 13.2. The topological polar surface area (TPSA) is 233 Å². The van der Waals surface area contributed by atoms with Crippen LogP contribution in [0.1, 0.15) is 34.6 Å². The van der Waals surface area contributed by atoms with Gasteiger partial charge in [0.2, 0.25) is 12.2 Å². The second kappa shape index (κ2) is 15.5. The Morgan fingerprint density at radius 1 is 0.723 bits per heavy atom. The van der Waals surface area contributed by atoms with E-state index >= 15 is 0 Å². The number of carboxylic acids is 1. The Hall–Kier alpha value is -6.52. The summed E-state index contributed by atoms with van der Waals surface area (Å²) >= 11 is 0. The van der Waals surface area contributed by atoms with Crippen LogP contribution in [0.3, 0.4) is 0 Å². The molecule has 1 amide bonds. The third-order valence-corrected chi connectivity index (χ3v) is 5.88. The second-order valence-corrected chi connectivity index (χ2v) is 9.21. The first-order chi connectivity index (χ1) is 22.2. The van der Waals surface area contributed by atoms with Gasteiger partial charge in [-0.3, -0.25) is 24.5 Å². The van der Waals surface area contributed by atoms with Gasteiger partial charge in [0.15, 0.2) is 23.0 Å². The number of nitrogens with one attached hydrogen (secondary N) is 1. The number of carboxylic acid groups (broad SMARTS) is 1. The van der Waals surface area contributed by atoms with Gasteiger partial charge in [-0.05, 0) is 42.5 Å². The SMILES string of the molecule is COc1cc(C(=O)O[C@H](C(=O)Nc2cccc([N+](=O)[O-])c2)[C@@H](OC(=O)c2ccc(OC(C)=O)c(OC)c2)C(=O)O)ccc1OC(C)=O. The number of anilines is 1. The average molecular weight is 655 g/mol. The number of non-ortho nitro benzene ring substituents is 1. The lowest BCUT2D eigenvalue weighted by Gasteiger charge is -2.24. The maximum Gasteiger partial charge on any atom is 0.349 e. The van der Waals surface area contributed by atoms with E-state index in [0.717, 1.165) is 50.2 Å². The molecule has 0 aliphatic carbocycles. The Kier molecular flexibility index (Phi) is 11.5. The average Bonchev–Trinajstić information content (AvgIpc) is 3.02. The number of rotatable bonds is 13. The molecule has 0 spiro atoms. The molecule has 3 rings (SSSR count). The minimum atomic E-state index is -2.48. The summed E-state index contributed by atoms with van der Waals surface area (Å²) in [5.41, 5.74) is -1.21. The van der Waals surface area contributed by atoms with Crippen LogP contribution in [0, 0.1) is 10.1 Å². The molecule has 2 N–H and O–H groups in total. The number of esters is 4. The van der Waals surface area contributed by atoms with Crippen LogP contribution >= 0.6 is 0 Å². The molecule has 3 aromatic rings. The van der Waals surface area contributed by atoms with Gasteiger partial charge in [0.05, 0.1) is 30.3 Å². The largest absolute Gasteiger partial charge is 0.493 e. The van der Waals surface area contributed by atoms with Crippen molar-refractivity contribution >= 4 is 47.1 Å². The van der Waals surface area contributed by atoms with Crippen molar-refractivity contribution in [1.82, 2.24) is 0 Å². The third kappa shape index (κ3) is 9.24. The zero-order valence-corrected chi connectivity index (χ0v) is 25.0. The van der Waals surface area contributed by atoms with E-state index in [9.17, 15) is 44.0 Å². The van der Waals surface area contributed by atoms with Gasteiger partial charge in [-0.25, -0.2) is 14.4 Å². The number of benzene rings is 3. The summed E-state index contributed by atoms with van der Waals surface area (Å²) in [5, 5.41) is 23.4.